The summed E-state index contributed by atoms with van der Waals surface area (Å²) in [7, 11) is 0. The van der Waals surface area contributed by atoms with Gasteiger partial charge in [-0.3, -0.25) is 0 Å². The quantitative estimate of drug-likeness (QED) is 0.630. The Balaban J connectivity index is 0.00000240. The molecule has 2 aliphatic heterocycles. The Bertz CT molecular complexity index is 834. The minimum atomic E-state index is 0. The highest BCUT2D eigenvalue weighted by Gasteiger charge is 2.45. The second-order valence-electron chi connectivity index (χ2n) is 8.80. The molecule has 4 rings (SSSR count). The normalized spacial score (nSPS) is 21.0. The van der Waals surface area contributed by atoms with Crippen LogP contribution in [-0.2, 0) is 13.0 Å². The van der Waals surface area contributed by atoms with Crippen LogP contribution in [0.3, 0.4) is 0 Å². The molecular formula is C26H33BrN2. The van der Waals surface area contributed by atoms with Crippen LogP contribution in [0.15, 0.2) is 72.4 Å². The van der Waals surface area contributed by atoms with E-state index < -0.39 is 0 Å². The van der Waals surface area contributed by atoms with Crippen molar-refractivity contribution in [1.82, 2.24) is 4.90 Å². The topological polar surface area (TPSA) is 6.25 Å². The first-order chi connectivity index (χ1) is 13.6. The molecule has 3 heteroatoms. The lowest BCUT2D eigenvalue weighted by atomic mass is 9.77. The van der Waals surface area contributed by atoms with Gasteiger partial charge in [0, 0.05) is 44.3 Å². The van der Waals surface area contributed by atoms with E-state index in [1.54, 1.807) is 0 Å². The maximum absolute atomic E-state index is 2.66. The number of allylic oxidation sites excluding steroid dienone is 1. The predicted octanol–water partition coefficient (Wildman–Crippen LogP) is 2.29. The third kappa shape index (κ3) is 5.01. The molecule has 0 aliphatic carbocycles. The summed E-state index contributed by atoms with van der Waals surface area (Å²) < 4.78 is 2.55. The smallest absolute Gasteiger partial charge is 0.168 e. The third-order valence-electron chi connectivity index (χ3n) is 6.57. The standard InChI is InChI=1S/C26H33N2.BrH/c1-26(2)24(20-22-12-6-3-7-13-22)25(27-17-10-5-11-18-27)16-19-28(26)21-23-14-8-4-9-15-23;/h3-4,6-9,12-16,19,24H,5,10-11,17-18,20-21H2,1-2H3;1H/q+1;/p-1. The van der Waals surface area contributed by atoms with Crippen LogP contribution >= 0.6 is 0 Å². The summed E-state index contributed by atoms with van der Waals surface area (Å²) in [6.45, 7) is 8.23. The molecule has 2 aromatic carbocycles. The monoisotopic (exact) mass is 452 g/mol. The van der Waals surface area contributed by atoms with E-state index in [0.717, 1.165) is 13.0 Å². The molecule has 154 valence electrons. The van der Waals surface area contributed by atoms with Crippen molar-refractivity contribution in [2.24, 2.45) is 5.92 Å². The van der Waals surface area contributed by atoms with Gasteiger partial charge in [0.1, 0.15) is 0 Å². The third-order valence-corrected chi connectivity index (χ3v) is 6.57. The van der Waals surface area contributed by atoms with Crippen molar-refractivity contribution in [3.05, 3.63) is 83.6 Å². The van der Waals surface area contributed by atoms with Crippen LogP contribution in [0.5, 0.6) is 0 Å². The van der Waals surface area contributed by atoms with Crippen LogP contribution in [-0.4, -0.2) is 34.3 Å². The Hall–Kier alpha value is -1.87. The first kappa shape index (κ1) is 21.8. The number of nitrogens with zero attached hydrogens (tertiary/aromatic N) is 2. The van der Waals surface area contributed by atoms with Crippen molar-refractivity contribution in [3.8, 4) is 0 Å². The van der Waals surface area contributed by atoms with Gasteiger partial charge in [-0.1, -0.05) is 60.7 Å². The molecule has 0 bridgehead atoms. The Kier molecular flexibility index (Phi) is 7.34. The number of benzene rings is 2. The highest BCUT2D eigenvalue weighted by molar-refractivity contribution is 5.69. The number of likely N-dealkylation sites (tertiary alicyclic amines) is 1. The minimum absolute atomic E-state index is 0. The molecule has 2 aromatic rings. The first-order valence-electron chi connectivity index (χ1n) is 10.8. The molecule has 1 atom stereocenters. The summed E-state index contributed by atoms with van der Waals surface area (Å²) in [5.74, 6) is 0.488. The van der Waals surface area contributed by atoms with Crippen LogP contribution in [0.2, 0.25) is 0 Å². The van der Waals surface area contributed by atoms with Gasteiger partial charge in [-0.25, -0.2) is 4.58 Å². The molecule has 0 aromatic heterocycles. The number of hydrogen-bond donors (Lipinski definition) is 0. The zero-order valence-corrected chi connectivity index (χ0v) is 19.3. The van der Waals surface area contributed by atoms with E-state index in [1.807, 2.05) is 0 Å². The van der Waals surface area contributed by atoms with Crippen LogP contribution < -0.4 is 17.0 Å². The second-order valence-corrected chi connectivity index (χ2v) is 8.80. The second kappa shape index (κ2) is 9.75. The summed E-state index contributed by atoms with van der Waals surface area (Å²) in [5.41, 5.74) is 4.41. The van der Waals surface area contributed by atoms with Gasteiger partial charge in [0.05, 0.1) is 5.92 Å². The van der Waals surface area contributed by atoms with Gasteiger partial charge in [0.15, 0.2) is 18.3 Å². The minimum Gasteiger partial charge on any atom is -1.00 e. The van der Waals surface area contributed by atoms with Gasteiger partial charge >= 0.3 is 0 Å². The summed E-state index contributed by atoms with van der Waals surface area (Å²) in [5, 5.41) is 0. The molecule has 1 unspecified atom stereocenters. The maximum atomic E-state index is 2.66. The number of halogens is 1. The lowest BCUT2D eigenvalue weighted by Gasteiger charge is -2.42. The van der Waals surface area contributed by atoms with Crippen LogP contribution in [0.25, 0.3) is 0 Å². The molecule has 0 N–H and O–H groups in total. The van der Waals surface area contributed by atoms with Crippen molar-refractivity contribution in [2.75, 3.05) is 13.1 Å². The summed E-state index contributed by atoms with van der Waals surface area (Å²) >= 11 is 0. The lowest BCUT2D eigenvalue weighted by Crippen LogP contribution is -3.00. The summed E-state index contributed by atoms with van der Waals surface area (Å²) in [6, 6.07) is 21.9. The fraction of sp³-hybridized carbons (Fsp3) is 0.423. The van der Waals surface area contributed by atoms with E-state index in [-0.39, 0.29) is 22.5 Å². The van der Waals surface area contributed by atoms with E-state index in [2.05, 4.69) is 96.3 Å². The lowest BCUT2D eigenvalue weighted by molar-refractivity contribution is -0.621. The van der Waals surface area contributed by atoms with Crippen molar-refractivity contribution in [3.63, 3.8) is 0 Å². The SMILES string of the molecule is CC1(C)C(Cc2ccccc2)C(N2CCCCC2)=CC=[N+]1Cc1ccccc1.[Br-]. The Labute approximate surface area is 186 Å². The zero-order valence-electron chi connectivity index (χ0n) is 17.7. The fourth-order valence-electron chi connectivity index (χ4n) is 4.76. The highest BCUT2D eigenvalue weighted by atomic mass is 79.9. The van der Waals surface area contributed by atoms with E-state index in [9.17, 15) is 0 Å². The Morgan fingerprint density at radius 2 is 1.45 bits per heavy atom. The Morgan fingerprint density at radius 3 is 2.07 bits per heavy atom. The molecule has 2 heterocycles. The van der Waals surface area contributed by atoms with Gasteiger partial charge in [0.2, 0.25) is 0 Å². The fourth-order valence-corrected chi connectivity index (χ4v) is 4.76. The predicted molar refractivity (Wildman–Crippen MR) is 118 cm³/mol. The highest BCUT2D eigenvalue weighted by Crippen LogP contribution is 2.36. The van der Waals surface area contributed by atoms with Gasteiger partial charge in [-0.2, -0.15) is 0 Å². The molecule has 2 aliphatic rings. The van der Waals surface area contributed by atoms with Gasteiger partial charge in [0.25, 0.3) is 0 Å². The molecular weight excluding hydrogens is 420 g/mol. The molecule has 0 radical (unpaired) electrons. The molecule has 1 saturated heterocycles. The van der Waals surface area contributed by atoms with Crippen molar-refractivity contribution < 1.29 is 21.6 Å². The number of hydrogen-bond acceptors (Lipinski definition) is 1. The summed E-state index contributed by atoms with van der Waals surface area (Å²) in [6.07, 6.45) is 9.87. The average Bonchev–Trinajstić information content (AvgIpc) is 2.73. The molecule has 29 heavy (non-hydrogen) atoms. The molecule has 0 saturated carbocycles. The molecule has 1 fully saturated rings. The van der Waals surface area contributed by atoms with Gasteiger partial charge in [-0.05, 0) is 31.2 Å². The Morgan fingerprint density at radius 1 is 0.862 bits per heavy atom. The number of rotatable bonds is 5. The molecule has 0 spiro atoms. The molecule has 0 amide bonds. The van der Waals surface area contributed by atoms with E-state index >= 15 is 0 Å². The van der Waals surface area contributed by atoms with Gasteiger partial charge in [-0.15, -0.1) is 0 Å². The van der Waals surface area contributed by atoms with Gasteiger partial charge < -0.3 is 21.9 Å². The summed E-state index contributed by atoms with van der Waals surface area (Å²) in [4.78, 5) is 2.66. The zero-order chi connectivity index (χ0) is 19.4. The van der Waals surface area contributed by atoms with Crippen LogP contribution in [0.1, 0.15) is 44.2 Å². The van der Waals surface area contributed by atoms with Crippen LogP contribution in [0.4, 0.5) is 0 Å². The van der Waals surface area contributed by atoms with E-state index in [1.165, 1.54) is 49.2 Å². The van der Waals surface area contributed by atoms with Crippen molar-refractivity contribution in [2.45, 2.75) is 51.6 Å². The van der Waals surface area contributed by atoms with Crippen LogP contribution in [0, 0.1) is 5.92 Å². The molecule has 2 nitrogen and oxygen atoms in total. The van der Waals surface area contributed by atoms with E-state index in [0.29, 0.717) is 5.92 Å². The number of piperidine rings is 1. The van der Waals surface area contributed by atoms with Crippen molar-refractivity contribution >= 4 is 6.21 Å². The largest absolute Gasteiger partial charge is 1.00 e. The van der Waals surface area contributed by atoms with Crippen molar-refractivity contribution in [1.29, 1.82) is 0 Å². The average molecular weight is 453 g/mol. The van der Waals surface area contributed by atoms with E-state index in [4.69, 9.17) is 0 Å². The maximum Gasteiger partial charge on any atom is 0.168 e. The first-order valence-corrected chi connectivity index (χ1v) is 10.8.